The van der Waals surface area contributed by atoms with Crippen LogP contribution in [0.2, 0.25) is 5.02 Å². The van der Waals surface area contributed by atoms with Crippen LogP contribution in [0.3, 0.4) is 0 Å². The molecule has 0 radical (unpaired) electrons. The van der Waals surface area contributed by atoms with Crippen LogP contribution in [0.4, 0.5) is 5.82 Å². The number of thiophene rings is 1. The van der Waals surface area contributed by atoms with Crippen molar-refractivity contribution in [3.05, 3.63) is 45.7 Å². The Morgan fingerprint density at radius 3 is 3.15 bits per heavy atom. The Bertz CT molecular complexity index is 829. The molecule has 2 aromatic rings. The first-order chi connectivity index (χ1) is 12.7. The molecule has 0 unspecified atom stereocenters. The van der Waals surface area contributed by atoms with E-state index in [-0.39, 0.29) is 17.6 Å². The molecule has 1 N–H and O–H groups in total. The Morgan fingerprint density at radius 2 is 2.38 bits per heavy atom. The lowest BCUT2D eigenvalue weighted by molar-refractivity contribution is 0.0141. The summed E-state index contributed by atoms with van der Waals surface area (Å²) in [5.74, 6) is 1.71. The number of carbonyl (C=O) groups excluding carboxylic acids is 1. The van der Waals surface area contributed by atoms with Crippen molar-refractivity contribution in [3.8, 4) is 0 Å². The van der Waals surface area contributed by atoms with Crippen LogP contribution >= 0.6 is 22.9 Å². The molecule has 26 heavy (non-hydrogen) atoms. The van der Waals surface area contributed by atoms with Gasteiger partial charge in [-0.3, -0.25) is 4.79 Å². The summed E-state index contributed by atoms with van der Waals surface area (Å²) in [6.45, 7) is 2.47. The highest BCUT2D eigenvalue weighted by Gasteiger charge is 2.63. The van der Waals surface area contributed by atoms with Gasteiger partial charge in [-0.2, -0.15) is 0 Å². The van der Waals surface area contributed by atoms with Gasteiger partial charge in [-0.1, -0.05) is 17.7 Å². The van der Waals surface area contributed by atoms with E-state index >= 15 is 0 Å². The molecule has 2 bridgehead atoms. The predicted molar refractivity (Wildman–Crippen MR) is 102 cm³/mol. The van der Waals surface area contributed by atoms with Crippen molar-refractivity contribution < 1.29 is 9.53 Å². The number of amides is 1. The van der Waals surface area contributed by atoms with Gasteiger partial charge in [0.25, 0.3) is 5.91 Å². The fraction of sp³-hybridized carbons (Fsp3) is 0.474. The Kier molecular flexibility index (Phi) is 3.95. The average Bonchev–Trinajstić information content (AvgIpc) is 3.40. The van der Waals surface area contributed by atoms with Crippen LogP contribution in [-0.2, 0) is 4.74 Å². The lowest BCUT2D eigenvalue weighted by Crippen LogP contribution is -2.41. The molecule has 3 fully saturated rings. The summed E-state index contributed by atoms with van der Waals surface area (Å²) in [4.78, 5) is 19.8. The zero-order valence-electron chi connectivity index (χ0n) is 14.2. The van der Waals surface area contributed by atoms with Crippen molar-refractivity contribution in [2.45, 2.75) is 24.5 Å². The number of halogens is 1. The molecule has 0 aromatic carbocycles. The zero-order valence-corrected chi connectivity index (χ0v) is 15.8. The molecule has 0 saturated carbocycles. The molecule has 136 valence electrons. The molecular formula is C19H20ClN3O2S. The lowest BCUT2D eigenvalue weighted by Gasteiger charge is -2.29. The second kappa shape index (κ2) is 6.22. The number of aromatic nitrogens is 1. The van der Waals surface area contributed by atoms with E-state index in [9.17, 15) is 4.79 Å². The number of rotatable bonds is 4. The van der Waals surface area contributed by atoms with Gasteiger partial charge in [0.1, 0.15) is 10.7 Å². The minimum atomic E-state index is -0.0820. The number of anilines is 1. The van der Waals surface area contributed by atoms with E-state index < -0.39 is 0 Å². The van der Waals surface area contributed by atoms with Gasteiger partial charge in [0.2, 0.25) is 0 Å². The van der Waals surface area contributed by atoms with E-state index in [0.717, 1.165) is 31.7 Å². The molecule has 1 amide bonds. The fourth-order valence-electron chi connectivity index (χ4n) is 4.93. The molecular weight excluding hydrogens is 370 g/mol. The highest BCUT2D eigenvalue weighted by atomic mass is 35.5. The second-order valence-electron chi connectivity index (χ2n) is 7.41. The third-order valence-electron chi connectivity index (χ3n) is 6.08. The van der Waals surface area contributed by atoms with Crippen LogP contribution in [-0.4, -0.2) is 42.2 Å². The summed E-state index contributed by atoms with van der Waals surface area (Å²) >= 11 is 7.46. The second-order valence-corrected chi connectivity index (χ2v) is 8.73. The molecule has 5 nitrogen and oxygen atoms in total. The summed E-state index contributed by atoms with van der Waals surface area (Å²) in [6.07, 6.45) is 4.27. The number of nitrogens with one attached hydrogen (secondary N) is 1. The highest BCUT2D eigenvalue weighted by Crippen LogP contribution is 2.55. The van der Waals surface area contributed by atoms with E-state index in [1.54, 1.807) is 6.07 Å². The van der Waals surface area contributed by atoms with Crippen LogP contribution in [0, 0.1) is 11.8 Å². The molecule has 4 atom stereocenters. The molecule has 5 heterocycles. The zero-order chi connectivity index (χ0) is 17.7. The first-order valence-electron chi connectivity index (χ1n) is 9.01. The van der Waals surface area contributed by atoms with E-state index in [2.05, 4.69) is 21.3 Å². The summed E-state index contributed by atoms with van der Waals surface area (Å²) < 4.78 is 6.45. The summed E-state index contributed by atoms with van der Waals surface area (Å²) in [5.41, 5.74) is -0.0713. The Morgan fingerprint density at radius 1 is 1.46 bits per heavy atom. The van der Waals surface area contributed by atoms with Crippen LogP contribution < -0.4 is 10.2 Å². The SMILES string of the molecule is O=C(NC[C@H]1[C@H]2CN(c3ccccn3)C[C@]23CC[C@H]1O3)c1sccc1Cl. The number of carbonyl (C=O) groups is 1. The van der Waals surface area contributed by atoms with E-state index in [1.807, 2.05) is 23.7 Å². The molecule has 3 aliphatic heterocycles. The van der Waals surface area contributed by atoms with Gasteiger partial charge in [0.15, 0.2) is 0 Å². The molecule has 1 spiro atoms. The summed E-state index contributed by atoms with van der Waals surface area (Å²) in [6, 6.07) is 7.78. The van der Waals surface area contributed by atoms with Crippen molar-refractivity contribution in [3.63, 3.8) is 0 Å². The number of fused-ring (bicyclic) bond motifs is 1. The number of nitrogens with zero attached hydrogens (tertiary/aromatic N) is 2. The standard InChI is InChI=1S/C19H20ClN3O2S/c20-14-5-8-26-17(14)18(24)22-9-12-13-10-23(16-3-1-2-7-21-16)11-19(13)6-4-15(12)25-19/h1-3,5,7-8,12-13,15H,4,6,9-11H2,(H,22,24)/t12-,13+,15+,19+/m0/s1. The van der Waals surface area contributed by atoms with Crippen molar-refractivity contribution in [2.24, 2.45) is 11.8 Å². The Balaban J connectivity index is 1.30. The lowest BCUT2D eigenvalue weighted by atomic mass is 9.73. The van der Waals surface area contributed by atoms with Crippen LogP contribution in [0.5, 0.6) is 0 Å². The monoisotopic (exact) mass is 389 g/mol. The third kappa shape index (κ3) is 2.54. The van der Waals surface area contributed by atoms with Gasteiger partial charge < -0.3 is 15.0 Å². The summed E-state index contributed by atoms with van der Waals surface area (Å²) in [5, 5.41) is 5.45. The maximum absolute atomic E-state index is 12.4. The van der Waals surface area contributed by atoms with E-state index in [1.165, 1.54) is 11.3 Å². The van der Waals surface area contributed by atoms with Crippen LogP contribution in [0.15, 0.2) is 35.8 Å². The van der Waals surface area contributed by atoms with E-state index in [0.29, 0.717) is 28.3 Å². The Labute approximate surface area is 161 Å². The maximum Gasteiger partial charge on any atom is 0.262 e. The number of hydrogen-bond acceptors (Lipinski definition) is 5. The fourth-order valence-corrected chi connectivity index (χ4v) is 5.98. The van der Waals surface area contributed by atoms with Crippen molar-refractivity contribution >= 4 is 34.7 Å². The van der Waals surface area contributed by atoms with Crippen LogP contribution in [0.1, 0.15) is 22.5 Å². The molecule has 5 rings (SSSR count). The minimum absolute atomic E-state index is 0.0713. The first kappa shape index (κ1) is 16.5. The van der Waals surface area contributed by atoms with Gasteiger partial charge in [0, 0.05) is 37.7 Å². The Hall–Kier alpha value is -1.63. The third-order valence-corrected chi connectivity index (χ3v) is 7.42. The van der Waals surface area contributed by atoms with Gasteiger partial charge in [-0.05, 0) is 36.4 Å². The van der Waals surface area contributed by atoms with E-state index in [4.69, 9.17) is 16.3 Å². The highest BCUT2D eigenvalue weighted by molar-refractivity contribution is 7.12. The van der Waals surface area contributed by atoms with Gasteiger partial charge in [-0.25, -0.2) is 4.98 Å². The minimum Gasteiger partial charge on any atom is -0.369 e. The van der Waals surface area contributed by atoms with Gasteiger partial charge in [0.05, 0.1) is 16.7 Å². The molecule has 3 aliphatic rings. The molecule has 2 aromatic heterocycles. The quantitative estimate of drug-likeness (QED) is 0.872. The van der Waals surface area contributed by atoms with Crippen LogP contribution in [0.25, 0.3) is 0 Å². The molecule has 7 heteroatoms. The topological polar surface area (TPSA) is 54.5 Å². The summed E-state index contributed by atoms with van der Waals surface area (Å²) in [7, 11) is 0. The first-order valence-corrected chi connectivity index (χ1v) is 10.3. The molecule has 0 aliphatic carbocycles. The smallest absolute Gasteiger partial charge is 0.262 e. The number of ether oxygens (including phenoxy) is 1. The normalized spacial score (nSPS) is 32.0. The van der Waals surface area contributed by atoms with Crippen molar-refractivity contribution in [1.82, 2.24) is 10.3 Å². The van der Waals surface area contributed by atoms with Crippen molar-refractivity contribution in [1.29, 1.82) is 0 Å². The largest absolute Gasteiger partial charge is 0.369 e. The number of pyridine rings is 1. The maximum atomic E-state index is 12.4. The predicted octanol–water partition coefficient (Wildman–Crippen LogP) is 3.21. The molecule has 3 saturated heterocycles. The number of hydrogen-bond donors (Lipinski definition) is 1. The van der Waals surface area contributed by atoms with Gasteiger partial charge >= 0.3 is 0 Å². The average molecular weight is 390 g/mol. The van der Waals surface area contributed by atoms with Gasteiger partial charge in [-0.15, -0.1) is 11.3 Å². The van der Waals surface area contributed by atoms with Crippen molar-refractivity contribution in [2.75, 3.05) is 24.5 Å².